The molecule has 18 heavy (non-hydrogen) atoms. The van der Waals surface area contributed by atoms with Crippen molar-refractivity contribution in [2.45, 2.75) is 12.3 Å². The van der Waals surface area contributed by atoms with Gasteiger partial charge in [0.2, 0.25) is 0 Å². The highest BCUT2D eigenvalue weighted by Crippen LogP contribution is 2.46. The van der Waals surface area contributed by atoms with Gasteiger partial charge in [-0.25, -0.2) is 4.98 Å². The first-order valence-corrected chi connectivity index (χ1v) is 5.94. The number of aromatic amines is 1. The molecule has 0 radical (unpaired) electrons. The molecule has 0 bridgehead atoms. The van der Waals surface area contributed by atoms with Gasteiger partial charge in [-0.2, -0.15) is 5.10 Å². The molecule has 1 saturated carbocycles. The number of benzene rings is 1. The monoisotopic (exact) mass is 263 g/mol. The zero-order valence-corrected chi connectivity index (χ0v) is 10.1. The lowest BCUT2D eigenvalue weighted by Gasteiger charge is -1.96. The van der Waals surface area contributed by atoms with Crippen LogP contribution in [0.5, 0.6) is 0 Å². The zero-order chi connectivity index (χ0) is 12.7. The van der Waals surface area contributed by atoms with E-state index in [0.717, 1.165) is 5.56 Å². The number of hydrogen-bond donors (Lipinski definition) is 2. The van der Waals surface area contributed by atoms with Gasteiger partial charge in [0.05, 0.1) is 10.9 Å². The van der Waals surface area contributed by atoms with Gasteiger partial charge in [0.1, 0.15) is 5.82 Å². The van der Waals surface area contributed by atoms with Gasteiger partial charge >= 0.3 is 5.97 Å². The van der Waals surface area contributed by atoms with Gasteiger partial charge in [-0.15, -0.1) is 0 Å². The van der Waals surface area contributed by atoms with Crippen LogP contribution in [0.3, 0.4) is 0 Å². The van der Waals surface area contributed by atoms with Gasteiger partial charge in [-0.05, 0) is 18.6 Å². The molecule has 92 valence electrons. The molecule has 1 aromatic carbocycles. The zero-order valence-electron chi connectivity index (χ0n) is 9.30. The molecular weight excluding hydrogens is 254 g/mol. The van der Waals surface area contributed by atoms with Crippen molar-refractivity contribution in [2.75, 3.05) is 0 Å². The lowest BCUT2D eigenvalue weighted by atomic mass is 10.2. The van der Waals surface area contributed by atoms with Crippen LogP contribution in [-0.2, 0) is 4.79 Å². The Morgan fingerprint density at radius 1 is 1.44 bits per heavy atom. The van der Waals surface area contributed by atoms with Crippen LogP contribution in [0.4, 0.5) is 0 Å². The van der Waals surface area contributed by atoms with E-state index in [1.807, 2.05) is 18.2 Å². The SMILES string of the molecule is O=C(O)[C@@H]1C[C@H]1c1nc(-c2ccccc2Cl)n[nH]1. The summed E-state index contributed by atoms with van der Waals surface area (Å²) in [6.45, 7) is 0. The summed E-state index contributed by atoms with van der Waals surface area (Å²) in [6, 6.07) is 7.29. The van der Waals surface area contributed by atoms with Crippen LogP contribution in [0, 0.1) is 5.92 Å². The van der Waals surface area contributed by atoms with E-state index in [1.54, 1.807) is 6.07 Å². The number of carboxylic acid groups (broad SMARTS) is 1. The second kappa shape index (κ2) is 4.10. The lowest BCUT2D eigenvalue weighted by molar-refractivity contribution is -0.138. The van der Waals surface area contributed by atoms with Crippen molar-refractivity contribution in [1.82, 2.24) is 15.2 Å². The van der Waals surface area contributed by atoms with Crippen LogP contribution in [-0.4, -0.2) is 26.3 Å². The van der Waals surface area contributed by atoms with Crippen LogP contribution < -0.4 is 0 Å². The molecule has 0 amide bonds. The van der Waals surface area contributed by atoms with E-state index in [9.17, 15) is 4.79 Å². The maximum absolute atomic E-state index is 10.8. The van der Waals surface area contributed by atoms with E-state index in [0.29, 0.717) is 23.1 Å². The number of rotatable bonds is 3. The third-order valence-electron chi connectivity index (χ3n) is 3.08. The summed E-state index contributed by atoms with van der Waals surface area (Å²) >= 11 is 6.05. The third-order valence-corrected chi connectivity index (χ3v) is 3.41. The highest BCUT2D eigenvalue weighted by molar-refractivity contribution is 6.33. The van der Waals surface area contributed by atoms with E-state index >= 15 is 0 Å². The summed E-state index contributed by atoms with van der Waals surface area (Å²) in [4.78, 5) is 15.1. The number of halogens is 1. The Balaban J connectivity index is 1.87. The Morgan fingerprint density at radius 3 is 2.89 bits per heavy atom. The minimum absolute atomic E-state index is 0.0498. The van der Waals surface area contributed by atoms with Gasteiger partial charge in [-0.1, -0.05) is 23.7 Å². The quantitative estimate of drug-likeness (QED) is 0.891. The van der Waals surface area contributed by atoms with Gasteiger partial charge in [-0.3, -0.25) is 9.89 Å². The Kier molecular flexibility index (Phi) is 2.56. The van der Waals surface area contributed by atoms with Crippen molar-refractivity contribution in [3.63, 3.8) is 0 Å². The fraction of sp³-hybridized carbons (Fsp3) is 0.250. The Morgan fingerprint density at radius 2 is 2.22 bits per heavy atom. The first-order chi connectivity index (χ1) is 8.66. The van der Waals surface area contributed by atoms with Crippen LogP contribution in [0.1, 0.15) is 18.2 Å². The van der Waals surface area contributed by atoms with E-state index < -0.39 is 5.97 Å². The predicted octanol–water partition coefficient (Wildman–Crippen LogP) is 2.31. The maximum atomic E-state index is 10.8. The molecule has 3 rings (SSSR count). The first-order valence-electron chi connectivity index (χ1n) is 5.57. The number of H-pyrrole nitrogens is 1. The molecule has 1 aliphatic carbocycles. The molecule has 5 nitrogen and oxygen atoms in total. The smallest absolute Gasteiger partial charge is 0.307 e. The van der Waals surface area contributed by atoms with Crippen molar-refractivity contribution < 1.29 is 9.90 Å². The van der Waals surface area contributed by atoms with E-state index in [2.05, 4.69) is 15.2 Å². The molecule has 2 N–H and O–H groups in total. The standard InChI is InChI=1S/C12H10ClN3O2/c13-9-4-2-1-3-6(9)10-14-11(16-15-10)7-5-8(7)12(17)18/h1-4,7-8H,5H2,(H,17,18)(H,14,15,16)/t7-,8-/m1/s1. The molecule has 1 heterocycles. The van der Waals surface area contributed by atoms with Gasteiger partial charge in [0.15, 0.2) is 5.82 Å². The highest BCUT2D eigenvalue weighted by Gasteiger charge is 2.46. The average molecular weight is 264 g/mol. The molecule has 6 heteroatoms. The van der Waals surface area contributed by atoms with Gasteiger partial charge in [0.25, 0.3) is 0 Å². The van der Waals surface area contributed by atoms with Crippen LogP contribution in [0.15, 0.2) is 24.3 Å². The van der Waals surface area contributed by atoms with E-state index in [-0.39, 0.29) is 11.8 Å². The minimum atomic E-state index is -0.782. The summed E-state index contributed by atoms with van der Waals surface area (Å²) in [5.41, 5.74) is 0.745. The van der Waals surface area contributed by atoms with Crippen molar-refractivity contribution in [2.24, 2.45) is 5.92 Å². The Labute approximate surface area is 108 Å². The van der Waals surface area contributed by atoms with Crippen LogP contribution in [0.25, 0.3) is 11.4 Å². The minimum Gasteiger partial charge on any atom is -0.481 e. The predicted molar refractivity (Wildman–Crippen MR) is 65.3 cm³/mol. The van der Waals surface area contributed by atoms with Crippen LogP contribution in [0.2, 0.25) is 5.02 Å². The molecule has 1 fully saturated rings. The highest BCUT2D eigenvalue weighted by atomic mass is 35.5. The van der Waals surface area contributed by atoms with Gasteiger partial charge in [0, 0.05) is 11.5 Å². The van der Waals surface area contributed by atoms with E-state index in [1.165, 1.54) is 0 Å². The molecule has 2 aromatic rings. The number of aliphatic carboxylic acids is 1. The largest absolute Gasteiger partial charge is 0.481 e. The number of carboxylic acids is 1. The molecule has 0 spiro atoms. The summed E-state index contributed by atoms with van der Waals surface area (Å²) in [7, 11) is 0. The normalized spacial score (nSPS) is 21.8. The van der Waals surface area contributed by atoms with E-state index in [4.69, 9.17) is 16.7 Å². The fourth-order valence-electron chi connectivity index (χ4n) is 1.97. The van der Waals surface area contributed by atoms with Crippen molar-refractivity contribution in [3.05, 3.63) is 35.1 Å². The fourth-order valence-corrected chi connectivity index (χ4v) is 2.19. The topological polar surface area (TPSA) is 78.9 Å². The Hall–Kier alpha value is -1.88. The van der Waals surface area contributed by atoms with Crippen LogP contribution >= 0.6 is 11.6 Å². The summed E-state index contributed by atoms with van der Waals surface area (Å²) in [5, 5.41) is 16.3. The number of hydrogen-bond acceptors (Lipinski definition) is 3. The van der Waals surface area contributed by atoms with Crippen molar-refractivity contribution in [1.29, 1.82) is 0 Å². The molecule has 1 aliphatic rings. The summed E-state index contributed by atoms with van der Waals surface area (Å²) in [5.74, 6) is -0.0389. The number of nitrogens with zero attached hydrogens (tertiary/aromatic N) is 2. The second-order valence-corrected chi connectivity index (χ2v) is 4.72. The summed E-state index contributed by atoms with van der Waals surface area (Å²) < 4.78 is 0. The number of nitrogens with one attached hydrogen (secondary N) is 1. The van der Waals surface area contributed by atoms with Crippen molar-refractivity contribution in [3.8, 4) is 11.4 Å². The Bertz CT molecular complexity index is 611. The van der Waals surface area contributed by atoms with Gasteiger partial charge < -0.3 is 5.11 Å². The first kappa shape index (κ1) is 11.2. The third kappa shape index (κ3) is 1.86. The summed E-state index contributed by atoms with van der Waals surface area (Å²) in [6.07, 6.45) is 0.618. The molecule has 0 unspecified atom stereocenters. The average Bonchev–Trinajstić information content (AvgIpc) is 3.02. The molecule has 0 aliphatic heterocycles. The molecular formula is C12H10ClN3O2. The lowest BCUT2D eigenvalue weighted by Crippen LogP contribution is -1.99. The number of carbonyl (C=O) groups is 1. The molecule has 0 saturated heterocycles. The maximum Gasteiger partial charge on any atom is 0.307 e. The number of aromatic nitrogens is 3. The second-order valence-electron chi connectivity index (χ2n) is 4.31. The molecule has 2 atom stereocenters. The molecule has 1 aromatic heterocycles. The van der Waals surface area contributed by atoms with Crippen molar-refractivity contribution >= 4 is 17.6 Å².